The van der Waals surface area contributed by atoms with Crippen LogP contribution in [-0.2, 0) is 0 Å². The van der Waals surface area contributed by atoms with E-state index in [9.17, 15) is 0 Å². The lowest BCUT2D eigenvalue weighted by Crippen LogP contribution is -1.80. The van der Waals surface area contributed by atoms with Gasteiger partial charge in [0, 0.05) is 17.1 Å². The van der Waals surface area contributed by atoms with Gasteiger partial charge in [-0.1, -0.05) is 6.07 Å². The zero-order valence-electron chi connectivity index (χ0n) is 8.42. The van der Waals surface area contributed by atoms with Gasteiger partial charge in [0.05, 0.1) is 11.7 Å². The highest BCUT2D eigenvalue weighted by molar-refractivity contribution is 5.83. The van der Waals surface area contributed by atoms with E-state index in [2.05, 4.69) is 9.97 Å². The Kier molecular flexibility index (Phi) is 1.86. The minimum Gasteiger partial charge on any atom is -0.424 e. The number of benzene rings is 1. The van der Waals surface area contributed by atoms with Crippen LogP contribution in [0.3, 0.4) is 0 Å². The maximum atomic E-state index is 5.44. The molecule has 0 unspecified atom stereocenters. The van der Waals surface area contributed by atoms with E-state index in [1.807, 2.05) is 30.3 Å². The van der Waals surface area contributed by atoms with E-state index in [-0.39, 0.29) is 6.01 Å². The van der Waals surface area contributed by atoms with E-state index < -0.39 is 0 Å². The second kappa shape index (κ2) is 3.34. The molecule has 0 aliphatic heterocycles. The van der Waals surface area contributed by atoms with Gasteiger partial charge in [0.25, 0.3) is 6.01 Å². The zero-order chi connectivity index (χ0) is 11.0. The molecule has 0 bridgehead atoms. The van der Waals surface area contributed by atoms with E-state index in [1.54, 1.807) is 12.4 Å². The van der Waals surface area contributed by atoms with Gasteiger partial charge in [-0.15, -0.1) is 0 Å². The van der Waals surface area contributed by atoms with Gasteiger partial charge in [0.2, 0.25) is 0 Å². The fraction of sp³-hybridized carbons (Fsp3) is 0. The molecule has 0 fully saturated rings. The predicted octanol–water partition coefficient (Wildman–Crippen LogP) is 2.47. The number of hydrogen-bond acceptors (Lipinski definition) is 4. The summed E-state index contributed by atoms with van der Waals surface area (Å²) in [5.41, 5.74) is 7.34. The molecule has 16 heavy (non-hydrogen) atoms. The molecule has 2 heterocycles. The number of pyridine rings is 1. The molecule has 1 aromatic carbocycles. The molecule has 2 N–H and O–H groups in total. The van der Waals surface area contributed by atoms with Crippen LogP contribution >= 0.6 is 0 Å². The van der Waals surface area contributed by atoms with Crippen molar-refractivity contribution in [2.24, 2.45) is 0 Å². The van der Waals surface area contributed by atoms with Crippen LogP contribution in [0.2, 0.25) is 0 Å². The van der Waals surface area contributed by atoms with Gasteiger partial charge in [-0.3, -0.25) is 4.98 Å². The molecule has 0 atom stereocenters. The molecule has 78 valence electrons. The Labute approximate surface area is 91.7 Å². The fourth-order valence-corrected chi connectivity index (χ4v) is 1.65. The second-order valence-electron chi connectivity index (χ2n) is 3.47. The number of nitrogens with zero attached hydrogens (tertiary/aromatic N) is 2. The van der Waals surface area contributed by atoms with Crippen molar-refractivity contribution in [3.05, 3.63) is 42.7 Å². The van der Waals surface area contributed by atoms with Crippen molar-refractivity contribution in [2.75, 3.05) is 5.73 Å². The topological polar surface area (TPSA) is 64.9 Å². The van der Waals surface area contributed by atoms with Crippen molar-refractivity contribution < 1.29 is 4.42 Å². The molecule has 3 rings (SSSR count). The molecule has 0 aliphatic rings. The van der Waals surface area contributed by atoms with Gasteiger partial charge in [-0.25, -0.2) is 4.98 Å². The lowest BCUT2D eigenvalue weighted by molar-refractivity contribution is 0.595. The number of hydrogen-bond donors (Lipinski definition) is 1. The minimum atomic E-state index is 0.182. The second-order valence-corrected chi connectivity index (χ2v) is 3.47. The molecule has 0 aliphatic carbocycles. The lowest BCUT2D eigenvalue weighted by atomic mass is 10.1. The van der Waals surface area contributed by atoms with E-state index >= 15 is 0 Å². The highest BCUT2D eigenvalue weighted by atomic mass is 16.4. The molecule has 4 nitrogen and oxygen atoms in total. The fourth-order valence-electron chi connectivity index (χ4n) is 1.65. The van der Waals surface area contributed by atoms with Crippen LogP contribution in [0.4, 0.5) is 6.01 Å². The van der Waals surface area contributed by atoms with Crippen LogP contribution < -0.4 is 5.73 Å². The van der Waals surface area contributed by atoms with E-state index in [1.165, 1.54) is 0 Å². The molecule has 0 saturated carbocycles. The van der Waals surface area contributed by atoms with Crippen molar-refractivity contribution in [1.29, 1.82) is 0 Å². The Hall–Kier alpha value is -2.36. The van der Waals surface area contributed by atoms with Crippen LogP contribution in [0.15, 0.2) is 47.1 Å². The summed E-state index contributed by atoms with van der Waals surface area (Å²) in [6.07, 6.45) is 3.39. The lowest BCUT2D eigenvalue weighted by Gasteiger charge is -1.99. The molecular formula is C12H9N3O. The van der Waals surface area contributed by atoms with Gasteiger partial charge in [-0.2, -0.15) is 0 Å². The highest BCUT2D eigenvalue weighted by Gasteiger charge is 2.04. The van der Waals surface area contributed by atoms with Crippen molar-refractivity contribution in [1.82, 2.24) is 9.97 Å². The Bertz CT molecular complexity index is 645. The average molecular weight is 211 g/mol. The van der Waals surface area contributed by atoms with Crippen LogP contribution in [0.25, 0.3) is 22.2 Å². The number of oxazole rings is 1. The summed E-state index contributed by atoms with van der Waals surface area (Å²) < 4.78 is 5.26. The maximum Gasteiger partial charge on any atom is 0.292 e. The zero-order valence-corrected chi connectivity index (χ0v) is 8.42. The molecule has 0 spiro atoms. The number of fused-ring (bicyclic) bond motifs is 1. The highest BCUT2D eigenvalue weighted by Crippen LogP contribution is 2.24. The molecular weight excluding hydrogens is 202 g/mol. The summed E-state index contributed by atoms with van der Waals surface area (Å²) in [6, 6.07) is 9.98. The van der Waals surface area contributed by atoms with E-state index in [0.717, 1.165) is 16.5 Å². The third-order valence-electron chi connectivity index (χ3n) is 2.41. The molecule has 0 radical (unpaired) electrons. The molecule has 0 amide bonds. The number of aromatic nitrogens is 2. The monoisotopic (exact) mass is 211 g/mol. The minimum absolute atomic E-state index is 0.182. The number of anilines is 1. The molecule has 2 aromatic heterocycles. The Balaban J connectivity index is 2.18. The summed E-state index contributed by atoms with van der Waals surface area (Å²) in [5, 5.41) is 1.06. The largest absolute Gasteiger partial charge is 0.424 e. The molecule has 4 heteroatoms. The number of rotatable bonds is 1. The van der Waals surface area contributed by atoms with Crippen molar-refractivity contribution in [2.45, 2.75) is 0 Å². The van der Waals surface area contributed by atoms with Gasteiger partial charge >= 0.3 is 0 Å². The first-order valence-corrected chi connectivity index (χ1v) is 4.89. The van der Waals surface area contributed by atoms with Gasteiger partial charge in [-0.05, 0) is 24.3 Å². The first-order chi connectivity index (χ1) is 7.83. The van der Waals surface area contributed by atoms with Crippen LogP contribution in [0.5, 0.6) is 0 Å². The Morgan fingerprint density at radius 2 is 2.06 bits per heavy atom. The number of nitrogens with two attached hydrogens (primary N) is 1. The molecule has 3 aromatic rings. The van der Waals surface area contributed by atoms with Crippen LogP contribution in [0, 0.1) is 0 Å². The van der Waals surface area contributed by atoms with Gasteiger partial charge < -0.3 is 10.2 Å². The normalized spacial score (nSPS) is 10.8. The van der Waals surface area contributed by atoms with Crippen molar-refractivity contribution in [3.63, 3.8) is 0 Å². The number of nitrogen functional groups attached to an aromatic ring is 1. The summed E-state index contributed by atoms with van der Waals surface area (Å²) in [6.45, 7) is 0. The first-order valence-electron chi connectivity index (χ1n) is 4.89. The third-order valence-corrected chi connectivity index (χ3v) is 2.41. The summed E-state index contributed by atoms with van der Waals surface area (Å²) in [7, 11) is 0. The Morgan fingerprint density at radius 1 is 1.12 bits per heavy atom. The predicted molar refractivity (Wildman–Crippen MR) is 61.7 cm³/mol. The van der Waals surface area contributed by atoms with E-state index in [0.29, 0.717) is 5.76 Å². The molecule has 0 saturated heterocycles. The van der Waals surface area contributed by atoms with Crippen LogP contribution in [-0.4, -0.2) is 9.97 Å². The van der Waals surface area contributed by atoms with Gasteiger partial charge in [0.15, 0.2) is 5.76 Å². The van der Waals surface area contributed by atoms with E-state index in [4.69, 9.17) is 10.2 Å². The summed E-state index contributed by atoms with van der Waals surface area (Å²) in [5.74, 6) is 0.670. The average Bonchev–Trinajstić information content (AvgIpc) is 2.75. The van der Waals surface area contributed by atoms with Crippen molar-refractivity contribution in [3.8, 4) is 11.3 Å². The first kappa shape index (κ1) is 8.91. The van der Waals surface area contributed by atoms with Gasteiger partial charge in [0.1, 0.15) is 0 Å². The van der Waals surface area contributed by atoms with Crippen molar-refractivity contribution >= 4 is 16.9 Å². The van der Waals surface area contributed by atoms with Crippen LogP contribution in [0.1, 0.15) is 0 Å². The standard InChI is InChI=1S/C12H9N3O/c13-12-15-7-11(16-12)9-3-4-10-8(6-9)2-1-5-14-10/h1-7H,(H2,13,15). The third kappa shape index (κ3) is 1.40. The smallest absolute Gasteiger partial charge is 0.292 e. The summed E-state index contributed by atoms with van der Waals surface area (Å²) >= 11 is 0. The SMILES string of the molecule is Nc1ncc(-c2ccc3ncccc3c2)o1. The summed E-state index contributed by atoms with van der Waals surface area (Å²) in [4.78, 5) is 8.12. The Morgan fingerprint density at radius 3 is 2.88 bits per heavy atom. The maximum absolute atomic E-state index is 5.44. The quantitative estimate of drug-likeness (QED) is 0.671.